The van der Waals surface area contributed by atoms with Crippen LogP contribution in [-0.4, -0.2) is 37.5 Å². The molecule has 20 heavy (non-hydrogen) atoms. The van der Waals surface area contributed by atoms with E-state index in [0.717, 1.165) is 0 Å². The first-order chi connectivity index (χ1) is 9.63. The van der Waals surface area contributed by atoms with Gasteiger partial charge in [-0.3, -0.25) is 14.4 Å². The maximum absolute atomic E-state index is 11.5. The van der Waals surface area contributed by atoms with Crippen molar-refractivity contribution in [2.75, 3.05) is 19.7 Å². The zero-order chi connectivity index (χ0) is 14.8. The monoisotopic (exact) mass is 282 g/mol. The van der Waals surface area contributed by atoms with Crippen LogP contribution in [0, 0.1) is 0 Å². The molecule has 1 heterocycles. The summed E-state index contributed by atoms with van der Waals surface area (Å²) in [4.78, 5) is 33.9. The van der Waals surface area contributed by atoms with Crippen molar-refractivity contribution in [1.82, 2.24) is 10.6 Å². The fourth-order valence-corrected chi connectivity index (χ4v) is 1.41. The van der Waals surface area contributed by atoms with Crippen LogP contribution in [0.4, 0.5) is 0 Å². The van der Waals surface area contributed by atoms with Gasteiger partial charge in [0.15, 0.2) is 5.76 Å². The molecule has 0 aliphatic heterocycles. The molecule has 0 unspecified atom stereocenters. The Balaban J connectivity index is 2.09. The summed E-state index contributed by atoms with van der Waals surface area (Å²) in [6.45, 7) is 2.30. The van der Waals surface area contributed by atoms with E-state index in [-0.39, 0.29) is 30.6 Å². The van der Waals surface area contributed by atoms with Gasteiger partial charge in [0, 0.05) is 13.0 Å². The van der Waals surface area contributed by atoms with Gasteiger partial charge >= 0.3 is 5.97 Å². The summed E-state index contributed by atoms with van der Waals surface area (Å²) in [6, 6.07) is 3.09. The van der Waals surface area contributed by atoms with Gasteiger partial charge in [-0.2, -0.15) is 0 Å². The van der Waals surface area contributed by atoms with Crippen molar-refractivity contribution in [3.8, 4) is 0 Å². The quantitative estimate of drug-likeness (QED) is 0.533. The topological polar surface area (TPSA) is 97.6 Å². The third kappa shape index (κ3) is 6.03. The van der Waals surface area contributed by atoms with Gasteiger partial charge in [-0.25, -0.2) is 0 Å². The number of hydrogen-bond acceptors (Lipinski definition) is 5. The first kappa shape index (κ1) is 15.7. The van der Waals surface area contributed by atoms with Crippen molar-refractivity contribution in [3.05, 3.63) is 24.2 Å². The molecular weight excluding hydrogens is 264 g/mol. The lowest BCUT2D eigenvalue weighted by atomic mass is 10.3. The number of rotatable bonds is 8. The molecule has 0 bridgehead atoms. The van der Waals surface area contributed by atoms with E-state index in [0.29, 0.717) is 19.6 Å². The summed E-state index contributed by atoms with van der Waals surface area (Å²) in [6.07, 6.45) is 2.13. The zero-order valence-corrected chi connectivity index (χ0v) is 11.3. The molecule has 7 nitrogen and oxygen atoms in total. The Morgan fingerprint density at radius 2 is 2.10 bits per heavy atom. The molecule has 0 aliphatic rings. The number of ether oxygens (including phenoxy) is 1. The molecule has 0 saturated carbocycles. The second-order valence-corrected chi connectivity index (χ2v) is 3.92. The van der Waals surface area contributed by atoms with Gasteiger partial charge in [0.2, 0.25) is 5.91 Å². The van der Waals surface area contributed by atoms with Crippen LogP contribution in [0.3, 0.4) is 0 Å². The Kier molecular flexibility index (Phi) is 6.88. The number of hydrogen-bond donors (Lipinski definition) is 2. The van der Waals surface area contributed by atoms with Gasteiger partial charge in [-0.1, -0.05) is 0 Å². The first-order valence-corrected chi connectivity index (χ1v) is 6.37. The Labute approximate surface area is 116 Å². The van der Waals surface area contributed by atoms with Crippen LogP contribution in [0.2, 0.25) is 0 Å². The summed E-state index contributed by atoms with van der Waals surface area (Å²) in [5.74, 6) is -0.904. The number of carbonyl (C=O) groups excluding carboxylic acids is 3. The Bertz CT molecular complexity index is 442. The highest BCUT2D eigenvalue weighted by molar-refractivity contribution is 5.94. The van der Waals surface area contributed by atoms with E-state index < -0.39 is 5.91 Å². The highest BCUT2D eigenvalue weighted by Crippen LogP contribution is 1.98. The molecule has 0 saturated heterocycles. The molecule has 0 fully saturated rings. The van der Waals surface area contributed by atoms with Crippen LogP contribution in [-0.2, 0) is 14.3 Å². The maximum Gasteiger partial charge on any atom is 0.305 e. The predicted octanol–water partition coefficient (Wildman–Crippen LogP) is 0.469. The minimum atomic E-state index is -0.448. The number of esters is 1. The van der Waals surface area contributed by atoms with Gasteiger partial charge < -0.3 is 19.8 Å². The molecule has 1 aromatic rings. The molecule has 0 aromatic carbocycles. The van der Waals surface area contributed by atoms with Gasteiger partial charge in [0.1, 0.15) is 0 Å². The van der Waals surface area contributed by atoms with Gasteiger partial charge in [0.05, 0.1) is 19.4 Å². The Hall–Kier alpha value is -2.31. The second-order valence-electron chi connectivity index (χ2n) is 3.92. The van der Waals surface area contributed by atoms with E-state index in [1.165, 1.54) is 12.3 Å². The van der Waals surface area contributed by atoms with Crippen LogP contribution in [0.25, 0.3) is 0 Å². The third-order valence-electron chi connectivity index (χ3n) is 2.34. The van der Waals surface area contributed by atoms with Crippen LogP contribution >= 0.6 is 0 Å². The lowest BCUT2D eigenvalue weighted by molar-refractivity contribution is -0.143. The van der Waals surface area contributed by atoms with Crippen molar-refractivity contribution in [1.29, 1.82) is 0 Å². The van der Waals surface area contributed by atoms with Crippen LogP contribution in [0.5, 0.6) is 0 Å². The minimum absolute atomic E-state index is 0.140. The number of nitrogens with one attached hydrogen (secondary N) is 2. The molecule has 7 heteroatoms. The van der Waals surface area contributed by atoms with Crippen molar-refractivity contribution < 1.29 is 23.5 Å². The number of carbonyl (C=O) groups is 3. The van der Waals surface area contributed by atoms with Crippen molar-refractivity contribution in [2.24, 2.45) is 0 Å². The van der Waals surface area contributed by atoms with Gasteiger partial charge in [-0.15, -0.1) is 0 Å². The molecule has 1 rings (SSSR count). The largest absolute Gasteiger partial charge is 0.466 e. The molecule has 1 aromatic heterocycles. The standard InChI is InChI=1S/C13H18N2O5/c1-2-19-12(17)6-3-7-14-11(16)9-15-13(18)10-5-4-8-20-10/h4-5,8H,2-3,6-7,9H2,1H3,(H,14,16)(H,15,18). The molecule has 110 valence electrons. The Morgan fingerprint density at radius 3 is 2.75 bits per heavy atom. The molecule has 0 radical (unpaired) electrons. The average molecular weight is 282 g/mol. The van der Waals surface area contributed by atoms with Crippen molar-refractivity contribution in [3.63, 3.8) is 0 Å². The normalized spacial score (nSPS) is 9.85. The van der Waals surface area contributed by atoms with Crippen molar-refractivity contribution in [2.45, 2.75) is 19.8 Å². The molecule has 0 aliphatic carbocycles. The zero-order valence-electron chi connectivity index (χ0n) is 11.3. The number of furan rings is 1. The Morgan fingerprint density at radius 1 is 1.30 bits per heavy atom. The molecule has 0 spiro atoms. The molecule has 0 atom stereocenters. The highest BCUT2D eigenvalue weighted by atomic mass is 16.5. The van der Waals surface area contributed by atoms with Crippen LogP contribution < -0.4 is 10.6 Å². The SMILES string of the molecule is CCOC(=O)CCCNC(=O)CNC(=O)c1ccco1. The fourth-order valence-electron chi connectivity index (χ4n) is 1.41. The summed E-state index contributed by atoms with van der Waals surface area (Å²) >= 11 is 0. The second kappa shape index (κ2) is 8.73. The van der Waals surface area contributed by atoms with Crippen LogP contribution in [0.15, 0.2) is 22.8 Å². The lowest BCUT2D eigenvalue weighted by Gasteiger charge is -2.06. The molecular formula is C13H18N2O5. The summed E-state index contributed by atoms with van der Waals surface area (Å²) in [5, 5.41) is 5.01. The summed E-state index contributed by atoms with van der Waals surface area (Å²) < 4.78 is 9.63. The van der Waals surface area contributed by atoms with Crippen molar-refractivity contribution >= 4 is 17.8 Å². The third-order valence-corrected chi connectivity index (χ3v) is 2.34. The maximum atomic E-state index is 11.5. The first-order valence-electron chi connectivity index (χ1n) is 6.37. The highest BCUT2D eigenvalue weighted by Gasteiger charge is 2.09. The van der Waals surface area contributed by atoms with E-state index in [1.54, 1.807) is 13.0 Å². The van der Waals surface area contributed by atoms with Gasteiger partial charge in [-0.05, 0) is 25.5 Å². The lowest BCUT2D eigenvalue weighted by Crippen LogP contribution is -2.37. The van der Waals surface area contributed by atoms with E-state index in [1.807, 2.05) is 0 Å². The average Bonchev–Trinajstić information content (AvgIpc) is 2.95. The minimum Gasteiger partial charge on any atom is -0.466 e. The summed E-state index contributed by atoms with van der Waals surface area (Å²) in [5.41, 5.74) is 0. The van der Waals surface area contributed by atoms with Crippen LogP contribution in [0.1, 0.15) is 30.3 Å². The van der Waals surface area contributed by atoms with Gasteiger partial charge in [0.25, 0.3) is 5.91 Å². The summed E-state index contributed by atoms with van der Waals surface area (Å²) in [7, 11) is 0. The van der Waals surface area contributed by atoms with E-state index in [4.69, 9.17) is 9.15 Å². The fraction of sp³-hybridized carbons (Fsp3) is 0.462. The smallest absolute Gasteiger partial charge is 0.305 e. The van der Waals surface area contributed by atoms with E-state index in [2.05, 4.69) is 10.6 Å². The van der Waals surface area contributed by atoms with E-state index >= 15 is 0 Å². The predicted molar refractivity (Wildman–Crippen MR) is 69.9 cm³/mol. The number of amides is 2. The molecule has 2 N–H and O–H groups in total. The molecule has 2 amide bonds. The van der Waals surface area contributed by atoms with E-state index in [9.17, 15) is 14.4 Å².